The monoisotopic (exact) mass is 397 g/mol. The van der Waals surface area contributed by atoms with Crippen LogP contribution >= 0.6 is 0 Å². The van der Waals surface area contributed by atoms with Crippen LogP contribution in [0.5, 0.6) is 5.75 Å². The van der Waals surface area contributed by atoms with Crippen molar-refractivity contribution >= 4 is 17.3 Å². The third kappa shape index (κ3) is 5.28. The number of aryl methyl sites for hydroxylation is 1. The van der Waals surface area contributed by atoms with E-state index in [-0.39, 0.29) is 11.9 Å². The lowest BCUT2D eigenvalue weighted by atomic mass is 10.1. The Balaban J connectivity index is 1.69. The molecule has 1 saturated heterocycles. The molecule has 0 spiro atoms. The lowest BCUT2D eigenvalue weighted by molar-refractivity contribution is -0.120. The van der Waals surface area contributed by atoms with Crippen LogP contribution in [0.2, 0.25) is 0 Å². The van der Waals surface area contributed by atoms with E-state index >= 15 is 0 Å². The zero-order valence-corrected chi connectivity index (χ0v) is 17.8. The van der Waals surface area contributed by atoms with E-state index in [1.54, 1.807) is 7.11 Å². The summed E-state index contributed by atoms with van der Waals surface area (Å²) < 4.78 is 10.9. The van der Waals surface area contributed by atoms with Crippen molar-refractivity contribution in [3.63, 3.8) is 0 Å². The molecule has 1 aliphatic heterocycles. The highest BCUT2D eigenvalue weighted by atomic mass is 16.5. The molecule has 29 heavy (non-hydrogen) atoms. The molecule has 156 valence electrons. The number of likely N-dealkylation sites (N-methyl/N-ethyl adjacent to an activating group) is 1. The average molecular weight is 398 g/mol. The average Bonchev–Trinajstić information content (AvgIpc) is 2.74. The predicted octanol–water partition coefficient (Wildman–Crippen LogP) is 3.30. The normalized spacial score (nSPS) is 15.3. The van der Waals surface area contributed by atoms with Gasteiger partial charge in [-0.2, -0.15) is 0 Å². The van der Waals surface area contributed by atoms with E-state index in [0.29, 0.717) is 18.0 Å². The first-order valence-corrected chi connectivity index (χ1v) is 10.1. The number of rotatable bonds is 7. The summed E-state index contributed by atoms with van der Waals surface area (Å²) in [5.74, 6) is 0.608. The number of amides is 1. The van der Waals surface area contributed by atoms with E-state index in [2.05, 4.69) is 39.4 Å². The summed E-state index contributed by atoms with van der Waals surface area (Å²) in [7, 11) is 3.59. The van der Waals surface area contributed by atoms with Gasteiger partial charge in [-0.1, -0.05) is 24.3 Å². The van der Waals surface area contributed by atoms with Gasteiger partial charge in [0.15, 0.2) is 0 Å². The quantitative estimate of drug-likeness (QED) is 0.777. The lowest BCUT2D eigenvalue weighted by Gasteiger charge is -2.32. The van der Waals surface area contributed by atoms with Gasteiger partial charge >= 0.3 is 0 Å². The summed E-state index contributed by atoms with van der Waals surface area (Å²) in [6.45, 7) is 7.89. The molecule has 1 amide bonds. The van der Waals surface area contributed by atoms with E-state index in [1.165, 1.54) is 11.3 Å². The molecule has 0 bridgehead atoms. The summed E-state index contributed by atoms with van der Waals surface area (Å²) in [6.07, 6.45) is 0. The minimum Gasteiger partial charge on any atom is -0.495 e. The maximum Gasteiger partial charge on any atom is 0.241 e. The Labute approximate surface area is 173 Å². The Kier molecular flexibility index (Phi) is 7.12. The van der Waals surface area contributed by atoms with Crippen molar-refractivity contribution in [2.24, 2.45) is 0 Å². The van der Waals surface area contributed by atoms with Crippen LogP contribution in [0.15, 0.2) is 42.5 Å². The largest absolute Gasteiger partial charge is 0.495 e. The highest BCUT2D eigenvalue weighted by Crippen LogP contribution is 2.26. The number of nitrogens with one attached hydrogen (secondary N) is 1. The molecule has 1 heterocycles. The maximum atomic E-state index is 12.9. The second-order valence-corrected chi connectivity index (χ2v) is 7.51. The van der Waals surface area contributed by atoms with Crippen LogP contribution in [0, 0.1) is 6.92 Å². The van der Waals surface area contributed by atoms with Crippen molar-refractivity contribution in [3.05, 3.63) is 53.6 Å². The molecule has 0 aromatic heterocycles. The minimum absolute atomic E-state index is 0.0553. The van der Waals surface area contributed by atoms with Crippen molar-refractivity contribution in [1.82, 2.24) is 4.90 Å². The molecule has 0 radical (unpaired) electrons. The Morgan fingerprint density at radius 1 is 1.24 bits per heavy atom. The number of anilines is 2. The zero-order chi connectivity index (χ0) is 20.8. The molecule has 0 unspecified atom stereocenters. The van der Waals surface area contributed by atoms with Gasteiger partial charge in [-0.05, 0) is 50.2 Å². The van der Waals surface area contributed by atoms with Gasteiger partial charge in [-0.3, -0.25) is 9.69 Å². The fraction of sp³-hybridized carbons (Fsp3) is 0.435. The fourth-order valence-corrected chi connectivity index (χ4v) is 3.52. The molecule has 0 aliphatic carbocycles. The number of benzene rings is 2. The number of morpholine rings is 1. The maximum absolute atomic E-state index is 12.9. The number of nitrogens with zero attached hydrogens (tertiary/aromatic N) is 2. The number of carbonyl (C=O) groups is 1. The van der Waals surface area contributed by atoms with Gasteiger partial charge in [0.25, 0.3) is 0 Å². The first kappa shape index (κ1) is 21.1. The molecule has 1 N–H and O–H groups in total. The van der Waals surface area contributed by atoms with Crippen LogP contribution in [0.1, 0.15) is 18.1 Å². The van der Waals surface area contributed by atoms with Crippen LogP contribution in [-0.4, -0.2) is 57.3 Å². The highest BCUT2D eigenvalue weighted by molar-refractivity contribution is 5.95. The number of hydrogen-bond acceptors (Lipinski definition) is 5. The molecule has 1 aliphatic rings. The Morgan fingerprint density at radius 3 is 2.69 bits per heavy atom. The Morgan fingerprint density at radius 2 is 1.97 bits per heavy atom. The highest BCUT2D eigenvalue weighted by Gasteiger charge is 2.22. The smallest absolute Gasteiger partial charge is 0.241 e. The number of methoxy groups -OCH3 is 1. The van der Waals surface area contributed by atoms with E-state index in [0.717, 1.165) is 31.9 Å². The molecule has 1 atom stereocenters. The summed E-state index contributed by atoms with van der Waals surface area (Å²) >= 11 is 0. The summed E-state index contributed by atoms with van der Waals surface area (Å²) in [5, 5.41) is 3.01. The van der Waals surface area contributed by atoms with Gasteiger partial charge in [-0.25, -0.2) is 0 Å². The van der Waals surface area contributed by atoms with Crippen molar-refractivity contribution in [1.29, 1.82) is 0 Å². The molecular formula is C23H31N3O3. The van der Waals surface area contributed by atoms with E-state index in [4.69, 9.17) is 9.47 Å². The molecule has 6 nitrogen and oxygen atoms in total. The van der Waals surface area contributed by atoms with Crippen molar-refractivity contribution in [3.8, 4) is 5.75 Å². The van der Waals surface area contributed by atoms with Gasteiger partial charge in [0.1, 0.15) is 5.75 Å². The van der Waals surface area contributed by atoms with Crippen molar-refractivity contribution < 1.29 is 14.3 Å². The third-order valence-electron chi connectivity index (χ3n) is 5.42. The van der Waals surface area contributed by atoms with Crippen LogP contribution in [0.4, 0.5) is 11.4 Å². The first-order chi connectivity index (χ1) is 14.0. The predicted molar refractivity (Wildman–Crippen MR) is 117 cm³/mol. The number of ether oxygens (including phenoxy) is 2. The van der Waals surface area contributed by atoms with E-state index < -0.39 is 0 Å². The zero-order valence-electron chi connectivity index (χ0n) is 17.8. The van der Waals surface area contributed by atoms with Gasteiger partial charge in [0.05, 0.1) is 32.1 Å². The van der Waals surface area contributed by atoms with Gasteiger partial charge < -0.3 is 19.7 Å². The van der Waals surface area contributed by atoms with E-state index in [1.807, 2.05) is 39.1 Å². The molecule has 6 heteroatoms. The fourth-order valence-electron chi connectivity index (χ4n) is 3.52. The van der Waals surface area contributed by atoms with Gasteiger partial charge in [-0.15, -0.1) is 0 Å². The molecular weight excluding hydrogens is 366 g/mol. The van der Waals surface area contributed by atoms with Crippen LogP contribution in [0.3, 0.4) is 0 Å². The summed E-state index contributed by atoms with van der Waals surface area (Å²) in [5.41, 5.74) is 4.20. The Hall–Kier alpha value is -2.57. The minimum atomic E-state index is -0.294. The standard InChI is InChI=1S/C23H31N3O3/c1-17-9-10-22(28-4)20(15-17)24-23(27)18(2)25(3)16-19-7-5-6-8-21(19)26-11-13-29-14-12-26/h5-10,15,18H,11-14,16H2,1-4H3,(H,24,27)/t18-/m0/s1. The second kappa shape index (κ2) is 9.76. The Bertz CT molecular complexity index is 834. The number of hydrogen-bond donors (Lipinski definition) is 1. The number of carbonyl (C=O) groups excluding carboxylic acids is 1. The summed E-state index contributed by atoms with van der Waals surface area (Å²) in [4.78, 5) is 17.3. The van der Waals surface area contributed by atoms with Crippen LogP contribution in [0.25, 0.3) is 0 Å². The SMILES string of the molecule is COc1ccc(C)cc1NC(=O)[C@H](C)N(C)Cc1ccccc1N1CCOCC1. The van der Waals surface area contributed by atoms with Gasteiger partial charge in [0, 0.05) is 25.3 Å². The third-order valence-corrected chi connectivity index (χ3v) is 5.42. The first-order valence-electron chi connectivity index (χ1n) is 10.1. The summed E-state index contributed by atoms with van der Waals surface area (Å²) in [6, 6.07) is 13.9. The van der Waals surface area contributed by atoms with Crippen LogP contribution < -0.4 is 15.0 Å². The van der Waals surface area contributed by atoms with Crippen molar-refractivity contribution in [2.45, 2.75) is 26.4 Å². The molecule has 0 saturated carbocycles. The molecule has 2 aromatic rings. The molecule has 1 fully saturated rings. The number of para-hydroxylation sites is 1. The molecule has 3 rings (SSSR count). The van der Waals surface area contributed by atoms with E-state index in [9.17, 15) is 4.79 Å². The van der Waals surface area contributed by atoms with Crippen molar-refractivity contribution in [2.75, 3.05) is 50.7 Å². The lowest BCUT2D eigenvalue weighted by Crippen LogP contribution is -2.40. The van der Waals surface area contributed by atoms with Gasteiger partial charge in [0.2, 0.25) is 5.91 Å². The second-order valence-electron chi connectivity index (χ2n) is 7.51. The van der Waals surface area contributed by atoms with Crippen LogP contribution in [-0.2, 0) is 16.1 Å². The molecule has 2 aromatic carbocycles. The topological polar surface area (TPSA) is 54.0 Å².